The van der Waals surface area contributed by atoms with Gasteiger partial charge in [-0.1, -0.05) is 13.8 Å². The van der Waals surface area contributed by atoms with E-state index in [0.29, 0.717) is 17.9 Å². The van der Waals surface area contributed by atoms with Crippen LogP contribution in [0.25, 0.3) is 0 Å². The van der Waals surface area contributed by atoms with Crippen LogP contribution in [0, 0.1) is 11.8 Å². The second-order valence-electron chi connectivity index (χ2n) is 5.85. The number of hydrogen-bond acceptors (Lipinski definition) is 3. The first-order valence-corrected chi connectivity index (χ1v) is 8.34. The maximum atomic E-state index is 6.02. The molecular weight excluding hydrogens is 318 g/mol. The molecule has 114 valence electrons. The molecule has 20 heavy (non-hydrogen) atoms. The van der Waals surface area contributed by atoms with Gasteiger partial charge in [0.1, 0.15) is 0 Å². The van der Waals surface area contributed by atoms with E-state index in [9.17, 15) is 0 Å². The zero-order valence-electron chi connectivity index (χ0n) is 13.1. The third-order valence-electron chi connectivity index (χ3n) is 4.58. The van der Waals surface area contributed by atoms with Crippen molar-refractivity contribution in [1.82, 2.24) is 15.1 Å². The van der Waals surface area contributed by atoms with Gasteiger partial charge < -0.3 is 10.1 Å². The predicted octanol–water partition coefficient (Wildman–Crippen LogP) is 3.38. The fourth-order valence-electron chi connectivity index (χ4n) is 3.45. The van der Waals surface area contributed by atoms with Crippen molar-refractivity contribution in [1.29, 1.82) is 0 Å². The zero-order valence-corrected chi connectivity index (χ0v) is 14.6. The number of aryl methyl sites for hydroxylation is 1. The minimum absolute atomic E-state index is 0.258. The molecule has 4 nitrogen and oxygen atoms in total. The van der Waals surface area contributed by atoms with Crippen molar-refractivity contribution in [3.8, 4) is 0 Å². The molecule has 1 aromatic rings. The quantitative estimate of drug-likeness (QED) is 0.890. The molecule has 0 aromatic carbocycles. The number of rotatable bonds is 5. The van der Waals surface area contributed by atoms with Crippen LogP contribution >= 0.6 is 15.9 Å². The molecule has 0 amide bonds. The molecule has 2 heterocycles. The van der Waals surface area contributed by atoms with E-state index in [2.05, 4.69) is 58.7 Å². The number of ether oxygens (including phenoxy) is 1. The van der Waals surface area contributed by atoms with Crippen molar-refractivity contribution < 1.29 is 4.74 Å². The van der Waals surface area contributed by atoms with Crippen molar-refractivity contribution in [3.05, 3.63) is 16.4 Å². The monoisotopic (exact) mass is 343 g/mol. The van der Waals surface area contributed by atoms with Crippen LogP contribution in [0.4, 0.5) is 0 Å². The van der Waals surface area contributed by atoms with Crippen LogP contribution < -0.4 is 5.32 Å². The second kappa shape index (κ2) is 6.58. The average Bonchev–Trinajstić information content (AvgIpc) is 2.87. The van der Waals surface area contributed by atoms with Crippen molar-refractivity contribution in [2.45, 2.75) is 58.9 Å². The van der Waals surface area contributed by atoms with Gasteiger partial charge in [-0.3, -0.25) is 4.68 Å². The van der Waals surface area contributed by atoms with Crippen LogP contribution in [0.5, 0.6) is 0 Å². The Morgan fingerprint density at radius 3 is 2.60 bits per heavy atom. The molecule has 1 aromatic heterocycles. The first-order chi connectivity index (χ1) is 9.51. The number of halogens is 1. The Morgan fingerprint density at radius 2 is 2.10 bits per heavy atom. The van der Waals surface area contributed by atoms with E-state index >= 15 is 0 Å². The SMILES string of the molecule is CCCn1ncc(Br)c1C(NC)C1C(C)OC(C)C1C. The Labute approximate surface area is 130 Å². The van der Waals surface area contributed by atoms with Crippen LogP contribution in [-0.4, -0.2) is 29.0 Å². The fourth-order valence-corrected chi connectivity index (χ4v) is 3.99. The van der Waals surface area contributed by atoms with Gasteiger partial charge in [-0.25, -0.2) is 0 Å². The second-order valence-corrected chi connectivity index (χ2v) is 6.70. The summed E-state index contributed by atoms with van der Waals surface area (Å²) < 4.78 is 9.23. The van der Waals surface area contributed by atoms with E-state index in [-0.39, 0.29) is 12.1 Å². The first kappa shape index (κ1) is 16.0. The van der Waals surface area contributed by atoms with Crippen LogP contribution in [0.15, 0.2) is 10.7 Å². The molecule has 5 unspecified atom stereocenters. The number of hydrogen-bond donors (Lipinski definition) is 1. The summed E-state index contributed by atoms with van der Waals surface area (Å²) in [5.74, 6) is 0.984. The molecule has 0 bridgehead atoms. The largest absolute Gasteiger partial charge is 0.375 e. The molecule has 0 saturated carbocycles. The van der Waals surface area contributed by atoms with E-state index < -0.39 is 0 Å². The van der Waals surface area contributed by atoms with Gasteiger partial charge in [0.2, 0.25) is 0 Å². The maximum Gasteiger partial charge on any atom is 0.0699 e. The van der Waals surface area contributed by atoms with Gasteiger partial charge in [-0.15, -0.1) is 0 Å². The summed E-state index contributed by atoms with van der Waals surface area (Å²) in [5.41, 5.74) is 1.25. The standard InChI is InChI=1S/C15H26BrN3O/c1-6-7-19-15(12(16)8-18-19)14(17-5)13-9(2)10(3)20-11(13)4/h8-11,13-14,17H,6-7H2,1-5H3. The smallest absolute Gasteiger partial charge is 0.0699 e. The number of nitrogens with zero attached hydrogens (tertiary/aromatic N) is 2. The molecule has 1 fully saturated rings. The van der Waals surface area contributed by atoms with E-state index in [1.165, 1.54) is 5.69 Å². The van der Waals surface area contributed by atoms with Gasteiger partial charge in [0.15, 0.2) is 0 Å². The van der Waals surface area contributed by atoms with Crippen molar-refractivity contribution >= 4 is 15.9 Å². The van der Waals surface area contributed by atoms with Crippen LogP contribution in [0.3, 0.4) is 0 Å². The summed E-state index contributed by atoms with van der Waals surface area (Å²) in [7, 11) is 2.03. The lowest BCUT2D eigenvalue weighted by Crippen LogP contribution is -2.35. The van der Waals surface area contributed by atoms with Crippen molar-refractivity contribution in [2.75, 3.05) is 7.05 Å². The summed E-state index contributed by atoms with van der Waals surface area (Å²) >= 11 is 3.67. The molecule has 5 heteroatoms. The van der Waals surface area contributed by atoms with E-state index in [0.717, 1.165) is 17.4 Å². The summed E-state index contributed by atoms with van der Waals surface area (Å²) in [6, 6.07) is 0.258. The van der Waals surface area contributed by atoms with Crippen LogP contribution in [0.1, 0.15) is 45.9 Å². The number of aromatic nitrogens is 2. The highest BCUT2D eigenvalue weighted by molar-refractivity contribution is 9.10. The zero-order chi connectivity index (χ0) is 14.9. The minimum Gasteiger partial charge on any atom is -0.375 e. The molecule has 1 N–H and O–H groups in total. The Balaban J connectivity index is 2.35. The van der Waals surface area contributed by atoms with Crippen LogP contribution in [-0.2, 0) is 11.3 Å². The van der Waals surface area contributed by atoms with Crippen molar-refractivity contribution in [3.63, 3.8) is 0 Å². The minimum atomic E-state index is 0.258. The highest BCUT2D eigenvalue weighted by Crippen LogP contribution is 2.42. The Bertz CT molecular complexity index is 448. The lowest BCUT2D eigenvalue weighted by Gasteiger charge is -2.29. The van der Waals surface area contributed by atoms with E-state index in [4.69, 9.17) is 4.74 Å². The maximum absolute atomic E-state index is 6.02. The number of nitrogens with one attached hydrogen (secondary N) is 1. The van der Waals surface area contributed by atoms with Crippen molar-refractivity contribution in [2.24, 2.45) is 11.8 Å². The molecule has 5 atom stereocenters. The normalized spacial score (nSPS) is 31.7. The van der Waals surface area contributed by atoms with E-state index in [1.807, 2.05) is 13.2 Å². The van der Waals surface area contributed by atoms with Gasteiger partial charge in [-0.2, -0.15) is 5.10 Å². The first-order valence-electron chi connectivity index (χ1n) is 7.55. The molecule has 1 aliphatic heterocycles. The molecular formula is C15H26BrN3O. The fraction of sp³-hybridized carbons (Fsp3) is 0.800. The Hall–Kier alpha value is -0.390. The summed E-state index contributed by atoms with van der Waals surface area (Å²) in [6.07, 6.45) is 3.56. The van der Waals surface area contributed by atoms with E-state index in [1.54, 1.807) is 0 Å². The molecule has 0 radical (unpaired) electrons. The highest BCUT2D eigenvalue weighted by Gasteiger charge is 2.43. The van der Waals surface area contributed by atoms with Gasteiger partial charge >= 0.3 is 0 Å². The highest BCUT2D eigenvalue weighted by atomic mass is 79.9. The lowest BCUT2D eigenvalue weighted by atomic mass is 9.82. The van der Waals surface area contributed by atoms with Gasteiger partial charge in [-0.05, 0) is 49.2 Å². The summed E-state index contributed by atoms with van der Waals surface area (Å²) in [6.45, 7) is 9.78. The molecule has 1 aliphatic rings. The average molecular weight is 344 g/mol. The van der Waals surface area contributed by atoms with Gasteiger partial charge in [0, 0.05) is 12.5 Å². The lowest BCUT2D eigenvalue weighted by molar-refractivity contribution is 0.0474. The Morgan fingerprint density at radius 1 is 1.40 bits per heavy atom. The third-order valence-corrected chi connectivity index (χ3v) is 5.19. The molecule has 0 aliphatic carbocycles. The van der Waals surface area contributed by atoms with Gasteiger partial charge in [0.25, 0.3) is 0 Å². The van der Waals surface area contributed by atoms with Gasteiger partial charge in [0.05, 0.1) is 34.6 Å². The molecule has 0 spiro atoms. The third kappa shape index (κ3) is 2.81. The predicted molar refractivity (Wildman–Crippen MR) is 84.7 cm³/mol. The summed E-state index contributed by atoms with van der Waals surface area (Å²) in [5, 5.41) is 8.00. The Kier molecular flexibility index (Phi) is 5.26. The topological polar surface area (TPSA) is 39.1 Å². The van der Waals surface area contributed by atoms with Crippen LogP contribution in [0.2, 0.25) is 0 Å². The molecule has 1 saturated heterocycles. The summed E-state index contributed by atoms with van der Waals surface area (Å²) in [4.78, 5) is 0. The molecule has 2 rings (SSSR count).